The Morgan fingerprint density at radius 3 is 2.41 bits per heavy atom. The molecule has 0 saturated carbocycles. The molecule has 1 aliphatic rings. The number of carbonyl (C=O) groups excluding carboxylic acids is 1. The third-order valence-corrected chi connectivity index (χ3v) is 5.33. The molecule has 2 atom stereocenters. The van der Waals surface area contributed by atoms with E-state index in [0.29, 0.717) is 24.6 Å². The molecule has 1 aliphatic heterocycles. The van der Waals surface area contributed by atoms with Crippen molar-refractivity contribution in [2.24, 2.45) is 11.8 Å². The lowest BCUT2D eigenvalue weighted by molar-refractivity contribution is 0.0450. The van der Waals surface area contributed by atoms with Crippen LogP contribution in [-0.2, 0) is 4.74 Å². The van der Waals surface area contributed by atoms with E-state index < -0.39 is 0 Å². The summed E-state index contributed by atoms with van der Waals surface area (Å²) in [7, 11) is 5.43. The molecule has 1 saturated heterocycles. The van der Waals surface area contributed by atoms with Crippen LogP contribution in [0.25, 0.3) is 0 Å². The maximum atomic E-state index is 13.1. The van der Waals surface area contributed by atoms with Crippen LogP contribution in [0.1, 0.15) is 27.9 Å². The van der Waals surface area contributed by atoms with Gasteiger partial charge in [-0.05, 0) is 62.4 Å². The zero-order valence-electron chi connectivity index (χ0n) is 17.3. The second kappa shape index (κ2) is 10.1. The summed E-state index contributed by atoms with van der Waals surface area (Å²) in [4.78, 5) is 17.3. The van der Waals surface area contributed by atoms with Crippen LogP contribution >= 0.6 is 0 Å². The number of likely N-dealkylation sites (tertiary alicyclic amines) is 1. The summed E-state index contributed by atoms with van der Waals surface area (Å²) in [6.45, 7) is 7.81. The van der Waals surface area contributed by atoms with Gasteiger partial charge in [0.25, 0.3) is 5.91 Å². The first-order valence-electron chi connectivity index (χ1n) is 9.62. The van der Waals surface area contributed by atoms with Crippen molar-refractivity contribution in [3.05, 3.63) is 28.8 Å². The Morgan fingerprint density at radius 2 is 1.85 bits per heavy atom. The largest absolute Gasteiger partial charge is 0.496 e. The Bertz CT molecular complexity index is 612. The van der Waals surface area contributed by atoms with Crippen LogP contribution in [0, 0.1) is 25.7 Å². The van der Waals surface area contributed by atoms with Gasteiger partial charge in [-0.15, -0.1) is 0 Å². The molecular weight excluding hydrogens is 344 g/mol. The quantitative estimate of drug-likeness (QED) is 0.749. The summed E-state index contributed by atoms with van der Waals surface area (Å²) < 4.78 is 10.6. The number of benzene rings is 1. The predicted octanol–water partition coefficient (Wildman–Crippen LogP) is 1.96. The van der Waals surface area contributed by atoms with Gasteiger partial charge in [-0.1, -0.05) is 0 Å². The number of ether oxygens (including phenoxy) is 2. The summed E-state index contributed by atoms with van der Waals surface area (Å²) >= 11 is 0. The molecule has 152 valence electrons. The lowest BCUT2D eigenvalue weighted by Gasteiger charge is -2.38. The molecule has 0 unspecified atom stereocenters. The van der Waals surface area contributed by atoms with Crippen molar-refractivity contribution in [3.8, 4) is 5.75 Å². The monoisotopic (exact) mass is 378 g/mol. The second-order valence-corrected chi connectivity index (χ2v) is 7.76. The van der Waals surface area contributed by atoms with Gasteiger partial charge in [0, 0.05) is 45.5 Å². The van der Waals surface area contributed by atoms with Gasteiger partial charge in [-0.3, -0.25) is 4.79 Å². The molecule has 1 heterocycles. The molecular formula is C21H34N2O4. The Balaban J connectivity index is 2.12. The second-order valence-electron chi connectivity index (χ2n) is 7.76. The van der Waals surface area contributed by atoms with Crippen molar-refractivity contribution in [2.75, 3.05) is 60.7 Å². The minimum atomic E-state index is 0.0338. The normalized spacial score (nSPS) is 20.2. The minimum Gasteiger partial charge on any atom is -0.496 e. The summed E-state index contributed by atoms with van der Waals surface area (Å²) in [5.41, 5.74) is 2.62. The average molecular weight is 379 g/mol. The van der Waals surface area contributed by atoms with Crippen molar-refractivity contribution >= 4 is 5.91 Å². The SMILES string of the molecule is COCCN(C)C[C@H]1C[C@H](CO)CN(C(=O)c2cc(C)c(OC)c(C)c2)C1. The molecule has 1 aromatic rings. The number of nitrogens with zero attached hydrogens (tertiary/aromatic N) is 2. The highest BCUT2D eigenvalue weighted by atomic mass is 16.5. The minimum absolute atomic E-state index is 0.0338. The highest BCUT2D eigenvalue weighted by Crippen LogP contribution is 2.27. The number of aliphatic hydroxyl groups is 1. The van der Waals surface area contributed by atoms with Crippen LogP contribution in [0.4, 0.5) is 0 Å². The zero-order valence-corrected chi connectivity index (χ0v) is 17.3. The van der Waals surface area contributed by atoms with Crippen molar-refractivity contribution in [1.29, 1.82) is 0 Å². The van der Waals surface area contributed by atoms with Gasteiger partial charge < -0.3 is 24.4 Å². The molecule has 27 heavy (non-hydrogen) atoms. The molecule has 1 amide bonds. The summed E-state index contributed by atoms with van der Waals surface area (Å²) in [5.74, 6) is 1.34. The van der Waals surface area contributed by atoms with Crippen LogP contribution in [0.5, 0.6) is 5.75 Å². The number of hydrogen-bond donors (Lipinski definition) is 1. The molecule has 6 heteroatoms. The fourth-order valence-electron chi connectivity index (χ4n) is 4.11. The highest BCUT2D eigenvalue weighted by molar-refractivity contribution is 5.95. The molecule has 1 fully saturated rings. The van der Waals surface area contributed by atoms with E-state index >= 15 is 0 Å². The standard InChI is InChI=1S/C21H34N2O4/c1-15-8-19(9-16(2)20(15)27-5)21(25)23-12-17(10-18(13-23)14-24)11-22(3)6-7-26-4/h8-9,17-18,24H,6-7,10-14H2,1-5H3/t17-,18+/m1/s1. The first-order valence-corrected chi connectivity index (χ1v) is 9.62. The van der Waals surface area contributed by atoms with E-state index in [2.05, 4.69) is 11.9 Å². The number of aliphatic hydroxyl groups excluding tert-OH is 1. The number of likely N-dealkylation sites (N-methyl/N-ethyl adjacent to an activating group) is 1. The summed E-state index contributed by atoms with van der Waals surface area (Å²) in [5, 5.41) is 9.72. The van der Waals surface area contributed by atoms with Crippen molar-refractivity contribution in [2.45, 2.75) is 20.3 Å². The Morgan fingerprint density at radius 1 is 1.22 bits per heavy atom. The van der Waals surface area contributed by atoms with Crippen molar-refractivity contribution in [1.82, 2.24) is 9.80 Å². The van der Waals surface area contributed by atoms with Crippen LogP contribution < -0.4 is 4.74 Å². The van der Waals surface area contributed by atoms with Crippen molar-refractivity contribution in [3.63, 3.8) is 0 Å². The molecule has 6 nitrogen and oxygen atoms in total. The lowest BCUT2D eigenvalue weighted by atomic mass is 9.88. The van der Waals surface area contributed by atoms with E-state index in [1.54, 1.807) is 14.2 Å². The first-order chi connectivity index (χ1) is 12.9. The van der Waals surface area contributed by atoms with Gasteiger partial charge in [0.1, 0.15) is 5.75 Å². The molecule has 1 aromatic carbocycles. The maximum Gasteiger partial charge on any atom is 0.253 e. The van der Waals surface area contributed by atoms with Gasteiger partial charge in [-0.2, -0.15) is 0 Å². The summed E-state index contributed by atoms with van der Waals surface area (Å²) in [6.07, 6.45) is 0.943. The fraction of sp³-hybridized carbons (Fsp3) is 0.667. The fourth-order valence-corrected chi connectivity index (χ4v) is 4.11. The van der Waals surface area contributed by atoms with Crippen LogP contribution in [0.15, 0.2) is 12.1 Å². The molecule has 0 aliphatic carbocycles. The van der Waals surface area contributed by atoms with Crippen LogP contribution in [-0.4, -0.2) is 81.5 Å². The third-order valence-electron chi connectivity index (χ3n) is 5.33. The number of amides is 1. The topological polar surface area (TPSA) is 62.2 Å². The molecule has 0 aromatic heterocycles. The molecule has 0 radical (unpaired) electrons. The van der Waals surface area contributed by atoms with E-state index in [0.717, 1.165) is 42.9 Å². The van der Waals surface area contributed by atoms with E-state index in [-0.39, 0.29) is 18.4 Å². The number of piperidine rings is 1. The highest BCUT2D eigenvalue weighted by Gasteiger charge is 2.31. The molecule has 0 spiro atoms. The number of methoxy groups -OCH3 is 2. The Kier molecular flexibility index (Phi) is 8.07. The molecule has 1 N–H and O–H groups in total. The molecule has 0 bridgehead atoms. The van der Waals surface area contributed by atoms with E-state index in [1.807, 2.05) is 30.9 Å². The predicted molar refractivity (Wildman–Crippen MR) is 106 cm³/mol. The Labute approximate surface area is 163 Å². The van der Waals surface area contributed by atoms with Crippen LogP contribution in [0.3, 0.4) is 0 Å². The number of carbonyl (C=O) groups is 1. The van der Waals surface area contributed by atoms with Gasteiger partial charge >= 0.3 is 0 Å². The maximum absolute atomic E-state index is 13.1. The van der Waals surface area contributed by atoms with E-state index in [1.165, 1.54) is 0 Å². The average Bonchev–Trinajstić information content (AvgIpc) is 2.65. The van der Waals surface area contributed by atoms with Gasteiger partial charge in [0.15, 0.2) is 0 Å². The van der Waals surface area contributed by atoms with E-state index in [4.69, 9.17) is 9.47 Å². The number of rotatable bonds is 8. The first kappa shape index (κ1) is 21.7. The molecule has 2 rings (SSSR count). The Hall–Kier alpha value is -1.63. The van der Waals surface area contributed by atoms with Gasteiger partial charge in [0.05, 0.1) is 13.7 Å². The van der Waals surface area contributed by atoms with Gasteiger partial charge in [0.2, 0.25) is 0 Å². The number of aryl methyl sites for hydroxylation is 2. The van der Waals surface area contributed by atoms with Crippen LogP contribution in [0.2, 0.25) is 0 Å². The smallest absolute Gasteiger partial charge is 0.253 e. The van der Waals surface area contributed by atoms with Gasteiger partial charge in [-0.25, -0.2) is 0 Å². The van der Waals surface area contributed by atoms with E-state index in [9.17, 15) is 9.90 Å². The summed E-state index contributed by atoms with van der Waals surface area (Å²) in [6, 6.07) is 3.80. The number of hydrogen-bond acceptors (Lipinski definition) is 5. The van der Waals surface area contributed by atoms with Crippen molar-refractivity contribution < 1.29 is 19.4 Å². The third kappa shape index (κ3) is 5.67. The zero-order chi connectivity index (χ0) is 20.0. The lowest BCUT2D eigenvalue weighted by Crippen LogP contribution is -2.47.